The summed E-state index contributed by atoms with van der Waals surface area (Å²) < 4.78 is 10.5. The molecule has 27 heavy (non-hydrogen) atoms. The number of likely N-dealkylation sites (tertiary alicyclic amines) is 1. The number of phenols is 1. The third kappa shape index (κ3) is 3.16. The molecule has 0 amide bonds. The average molecular weight is 371 g/mol. The van der Waals surface area contributed by atoms with Crippen LogP contribution in [0.2, 0.25) is 0 Å². The van der Waals surface area contributed by atoms with Gasteiger partial charge < -0.3 is 19.6 Å². The number of methoxy groups -OCH3 is 2. The van der Waals surface area contributed by atoms with Crippen molar-refractivity contribution in [2.75, 3.05) is 27.3 Å². The average Bonchev–Trinajstić information content (AvgIpc) is 3.05. The highest BCUT2D eigenvalue weighted by atomic mass is 16.5. The molecule has 1 aromatic carbocycles. The number of H-pyrrole nitrogens is 1. The van der Waals surface area contributed by atoms with Crippen LogP contribution in [0.1, 0.15) is 35.0 Å². The first-order valence-electron chi connectivity index (χ1n) is 9.26. The Hall–Kier alpha value is -2.54. The highest BCUT2D eigenvalue weighted by Gasteiger charge is 2.39. The monoisotopic (exact) mass is 371 g/mol. The smallest absolute Gasteiger partial charge is 0.254 e. The van der Waals surface area contributed by atoms with Gasteiger partial charge in [0.05, 0.1) is 19.9 Å². The lowest BCUT2D eigenvalue weighted by Gasteiger charge is -2.25. The first-order chi connectivity index (χ1) is 13.0. The minimum Gasteiger partial charge on any atom is -0.502 e. The summed E-state index contributed by atoms with van der Waals surface area (Å²) in [6.07, 6.45) is 1.82. The lowest BCUT2D eigenvalue weighted by atomic mass is 9.80. The zero-order valence-electron chi connectivity index (χ0n) is 15.9. The Bertz CT molecular complexity index is 899. The quantitative estimate of drug-likeness (QED) is 0.854. The van der Waals surface area contributed by atoms with E-state index in [-0.39, 0.29) is 11.3 Å². The number of hydrogen-bond donors (Lipinski definition) is 2. The summed E-state index contributed by atoms with van der Waals surface area (Å²) in [7, 11) is 3.07. The number of ether oxygens (including phenoxy) is 2. The standard InChI is InChI=1S/C20H25N3O4/c1-11-21-18-14(20(25)22-11)5-4-13-9-23(10-15(13)18)8-12-6-16(26-2)19(24)17(7-12)27-3/h6-7,13,15,24H,4-5,8-10H2,1-3H3,(H,21,22,25)/t13-,15+/m1/s1. The maximum absolute atomic E-state index is 12.3. The van der Waals surface area contributed by atoms with Gasteiger partial charge in [0.1, 0.15) is 5.82 Å². The third-order valence-electron chi connectivity index (χ3n) is 5.74. The molecule has 2 N–H and O–H groups in total. The van der Waals surface area contributed by atoms with Crippen LogP contribution in [0.5, 0.6) is 17.2 Å². The van der Waals surface area contributed by atoms with Gasteiger partial charge in [0.15, 0.2) is 11.5 Å². The van der Waals surface area contributed by atoms with Crippen LogP contribution in [-0.2, 0) is 13.0 Å². The van der Waals surface area contributed by atoms with E-state index in [1.54, 1.807) is 0 Å². The number of nitrogens with zero attached hydrogens (tertiary/aromatic N) is 2. The fourth-order valence-electron chi connectivity index (χ4n) is 4.50. The normalized spacial score (nSPS) is 21.6. The molecule has 4 rings (SSSR count). The summed E-state index contributed by atoms with van der Waals surface area (Å²) in [5, 5.41) is 10.1. The Morgan fingerprint density at radius 2 is 1.96 bits per heavy atom. The molecule has 144 valence electrons. The predicted octanol–water partition coefficient (Wildman–Crippen LogP) is 1.96. The van der Waals surface area contributed by atoms with Gasteiger partial charge in [-0.15, -0.1) is 0 Å². The fraction of sp³-hybridized carbons (Fsp3) is 0.500. The van der Waals surface area contributed by atoms with E-state index >= 15 is 0 Å². The van der Waals surface area contributed by atoms with Gasteiger partial charge in [0.2, 0.25) is 5.75 Å². The van der Waals surface area contributed by atoms with Crippen molar-refractivity contribution >= 4 is 0 Å². The summed E-state index contributed by atoms with van der Waals surface area (Å²) in [5.41, 5.74) is 2.88. The summed E-state index contributed by atoms with van der Waals surface area (Å²) >= 11 is 0. The lowest BCUT2D eigenvalue weighted by Crippen LogP contribution is -2.28. The van der Waals surface area contributed by atoms with E-state index in [9.17, 15) is 9.90 Å². The molecule has 1 aromatic heterocycles. The van der Waals surface area contributed by atoms with Crippen LogP contribution in [0, 0.1) is 12.8 Å². The molecule has 2 aliphatic rings. The highest BCUT2D eigenvalue weighted by molar-refractivity contribution is 5.52. The molecule has 2 heterocycles. The Kier molecular flexibility index (Phi) is 4.55. The van der Waals surface area contributed by atoms with Crippen LogP contribution in [-0.4, -0.2) is 47.3 Å². The number of rotatable bonds is 4. The number of aryl methyl sites for hydroxylation is 1. The maximum atomic E-state index is 12.3. The molecule has 0 spiro atoms. The molecular formula is C20H25N3O4. The van der Waals surface area contributed by atoms with Crippen LogP contribution in [0.3, 0.4) is 0 Å². The van der Waals surface area contributed by atoms with Crippen molar-refractivity contribution in [2.45, 2.75) is 32.2 Å². The van der Waals surface area contributed by atoms with E-state index in [2.05, 4.69) is 14.9 Å². The van der Waals surface area contributed by atoms with Gasteiger partial charge in [-0.25, -0.2) is 4.98 Å². The highest BCUT2D eigenvalue weighted by Crippen LogP contribution is 2.41. The molecule has 7 heteroatoms. The van der Waals surface area contributed by atoms with Gasteiger partial charge in [0, 0.05) is 31.1 Å². The Labute approximate surface area is 158 Å². The lowest BCUT2D eigenvalue weighted by molar-refractivity contribution is 0.308. The molecule has 2 atom stereocenters. The number of aromatic hydroxyl groups is 1. The van der Waals surface area contributed by atoms with E-state index in [4.69, 9.17) is 9.47 Å². The number of phenolic OH excluding ortho intramolecular Hbond substituents is 1. The van der Waals surface area contributed by atoms with Crippen molar-refractivity contribution in [3.05, 3.63) is 45.1 Å². The van der Waals surface area contributed by atoms with Crippen LogP contribution < -0.4 is 15.0 Å². The molecule has 1 aliphatic heterocycles. The molecule has 0 unspecified atom stereocenters. The maximum Gasteiger partial charge on any atom is 0.254 e. The van der Waals surface area contributed by atoms with E-state index in [1.807, 2.05) is 19.1 Å². The van der Waals surface area contributed by atoms with Crippen molar-refractivity contribution < 1.29 is 14.6 Å². The number of hydrogen-bond acceptors (Lipinski definition) is 6. The first-order valence-corrected chi connectivity index (χ1v) is 9.26. The van der Waals surface area contributed by atoms with Gasteiger partial charge in [-0.3, -0.25) is 9.69 Å². The number of fused-ring (bicyclic) bond motifs is 3. The number of benzene rings is 1. The zero-order valence-corrected chi connectivity index (χ0v) is 15.9. The van der Waals surface area contributed by atoms with E-state index in [0.29, 0.717) is 29.2 Å². The van der Waals surface area contributed by atoms with Gasteiger partial charge in [-0.05, 0) is 43.4 Å². The number of aromatic amines is 1. The molecule has 2 aromatic rings. The van der Waals surface area contributed by atoms with Crippen LogP contribution in [0.15, 0.2) is 16.9 Å². The SMILES string of the molecule is COc1cc(CN2C[C@H]3CCc4c(nc(C)[nH]c4=O)[C@H]3C2)cc(OC)c1O. The minimum absolute atomic E-state index is 0.0161. The Morgan fingerprint density at radius 1 is 1.26 bits per heavy atom. The van der Waals surface area contributed by atoms with Crippen LogP contribution in [0.4, 0.5) is 0 Å². The third-order valence-corrected chi connectivity index (χ3v) is 5.74. The van der Waals surface area contributed by atoms with Crippen LogP contribution in [0.25, 0.3) is 0 Å². The number of nitrogens with one attached hydrogen (secondary N) is 1. The second-order valence-electron chi connectivity index (χ2n) is 7.46. The number of aromatic nitrogens is 2. The molecular weight excluding hydrogens is 346 g/mol. The molecule has 1 saturated heterocycles. The van der Waals surface area contributed by atoms with Gasteiger partial charge in [-0.2, -0.15) is 0 Å². The van der Waals surface area contributed by atoms with Crippen molar-refractivity contribution in [1.29, 1.82) is 0 Å². The van der Waals surface area contributed by atoms with Crippen LogP contribution >= 0.6 is 0 Å². The minimum atomic E-state index is 0.0161. The van der Waals surface area contributed by atoms with Crippen molar-refractivity contribution in [3.63, 3.8) is 0 Å². The largest absolute Gasteiger partial charge is 0.502 e. The van der Waals surface area contributed by atoms with Crippen molar-refractivity contribution in [3.8, 4) is 17.2 Å². The van der Waals surface area contributed by atoms with Crippen molar-refractivity contribution in [1.82, 2.24) is 14.9 Å². The molecule has 7 nitrogen and oxygen atoms in total. The topological polar surface area (TPSA) is 87.7 Å². The summed E-state index contributed by atoms with van der Waals surface area (Å²) in [4.78, 5) is 22.1. The van der Waals surface area contributed by atoms with E-state index in [1.165, 1.54) is 14.2 Å². The summed E-state index contributed by atoms with van der Waals surface area (Å²) in [6.45, 7) is 4.42. The molecule has 0 saturated carbocycles. The Balaban J connectivity index is 1.58. The predicted molar refractivity (Wildman–Crippen MR) is 101 cm³/mol. The summed E-state index contributed by atoms with van der Waals surface area (Å²) in [6, 6.07) is 3.70. The van der Waals surface area contributed by atoms with Gasteiger partial charge >= 0.3 is 0 Å². The molecule has 0 bridgehead atoms. The van der Waals surface area contributed by atoms with Gasteiger partial charge in [-0.1, -0.05) is 0 Å². The molecule has 1 aliphatic carbocycles. The second-order valence-corrected chi connectivity index (χ2v) is 7.46. The van der Waals surface area contributed by atoms with Crippen molar-refractivity contribution in [2.24, 2.45) is 5.92 Å². The molecule has 0 radical (unpaired) electrons. The molecule has 1 fully saturated rings. The van der Waals surface area contributed by atoms with E-state index in [0.717, 1.165) is 49.3 Å². The first kappa shape index (κ1) is 17.9. The second kappa shape index (κ2) is 6.88. The summed E-state index contributed by atoms with van der Waals surface area (Å²) in [5.74, 6) is 2.35. The zero-order chi connectivity index (χ0) is 19.1. The van der Waals surface area contributed by atoms with E-state index < -0.39 is 0 Å². The fourth-order valence-corrected chi connectivity index (χ4v) is 4.50. The van der Waals surface area contributed by atoms with Gasteiger partial charge in [0.25, 0.3) is 5.56 Å². The Morgan fingerprint density at radius 3 is 2.63 bits per heavy atom.